The summed E-state index contributed by atoms with van der Waals surface area (Å²) in [6, 6.07) is 17.4. The van der Waals surface area contributed by atoms with Gasteiger partial charge in [0.05, 0.1) is 35.6 Å². The van der Waals surface area contributed by atoms with E-state index in [9.17, 15) is 14.4 Å². The molecule has 0 radical (unpaired) electrons. The average Bonchev–Trinajstić information content (AvgIpc) is 3.62. The van der Waals surface area contributed by atoms with Crippen molar-refractivity contribution in [2.75, 3.05) is 18.9 Å². The molecule has 0 unspecified atom stereocenters. The number of carbonyl (C=O) groups is 2. The topological polar surface area (TPSA) is 103 Å². The number of aromatic nitrogens is 2. The number of furan rings is 1. The Kier molecular flexibility index (Phi) is 7.29. The molecule has 0 bridgehead atoms. The maximum absolute atomic E-state index is 13.4. The Morgan fingerprint density at radius 3 is 2.69 bits per heavy atom. The lowest BCUT2D eigenvalue weighted by Gasteiger charge is -2.13. The summed E-state index contributed by atoms with van der Waals surface area (Å²) in [4.78, 5) is 43.6. The molecule has 2 aromatic heterocycles. The van der Waals surface area contributed by atoms with E-state index in [1.807, 2.05) is 18.2 Å². The Morgan fingerprint density at radius 2 is 1.94 bits per heavy atom. The van der Waals surface area contributed by atoms with E-state index in [4.69, 9.17) is 14.1 Å². The van der Waals surface area contributed by atoms with Crippen molar-refractivity contribution < 1.29 is 18.7 Å². The molecule has 1 atom stereocenters. The minimum absolute atomic E-state index is 0.0338. The Bertz CT molecular complexity index is 1430. The lowest BCUT2D eigenvalue weighted by molar-refractivity contribution is 0.0857. The van der Waals surface area contributed by atoms with Gasteiger partial charge in [0.25, 0.3) is 11.5 Å². The van der Waals surface area contributed by atoms with Gasteiger partial charge in [0.15, 0.2) is 10.9 Å². The molecule has 1 amide bonds. The molecular formula is C27H25N3O5S. The number of hydrogen-bond donors (Lipinski definition) is 1. The maximum atomic E-state index is 13.4. The molecule has 3 heterocycles. The van der Waals surface area contributed by atoms with E-state index >= 15 is 0 Å². The van der Waals surface area contributed by atoms with Gasteiger partial charge in [-0.1, -0.05) is 42.1 Å². The predicted molar refractivity (Wildman–Crippen MR) is 137 cm³/mol. The van der Waals surface area contributed by atoms with E-state index in [0.29, 0.717) is 39.5 Å². The highest BCUT2D eigenvalue weighted by atomic mass is 32.2. The van der Waals surface area contributed by atoms with Crippen LogP contribution in [0.2, 0.25) is 0 Å². The zero-order valence-electron chi connectivity index (χ0n) is 19.5. The fourth-order valence-corrected chi connectivity index (χ4v) is 4.99. The number of amides is 1. The zero-order chi connectivity index (χ0) is 24.9. The molecule has 1 fully saturated rings. The van der Waals surface area contributed by atoms with Crippen molar-refractivity contribution in [3.63, 3.8) is 0 Å². The van der Waals surface area contributed by atoms with Crippen molar-refractivity contribution in [3.05, 3.63) is 94.2 Å². The number of hydrogen-bond acceptors (Lipinski definition) is 7. The first-order chi connectivity index (χ1) is 17.6. The molecule has 1 aliphatic heterocycles. The second-order valence-corrected chi connectivity index (χ2v) is 9.46. The molecule has 1 N–H and O–H groups in total. The Balaban J connectivity index is 1.44. The Morgan fingerprint density at radius 1 is 1.08 bits per heavy atom. The van der Waals surface area contributed by atoms with Gasteiger partial charge in [-0.25, -0.2) is 4.98 Å². The summed E-state index contributed by atoms with van der Waals surface area (Å²) in [6.07, 6.45) is 3.50. The number of nitrogens with zero attached hydrogens (tertiary/aromatic N) is 2. The van der Waals surface area contributed by atoms with Crippen LogP contribution in [0.15, 0.2) is 81.3 Å². The number of fused-ring (bicyclic) bond motifs is 1. The number of ether oxygens (including phenoxy) is 1. The highest BCUT2D eigenvalue weighted by Gasteiger charge is 2.19. The SMILES string of the molecule is O=C(CSc1nc2cc(C(=O)NC[C@H]3CCCO3)ccc2c(=O)n1Cc1ccco1)c1ccccc1. The van der Waals surface area contributed by atoms with Crippen molar-refractivity contribution in [3.8, 4) is 0 Å². The Labute approximate surface area is 211 Å². The van der Waals surface area contributed by atoms with Crippen LogP contribution in [-0.4, -0.2) is 46.2 Å². The lowest BCUT2D eigenvalue weighted by atomic mass is 10.1. The molecule has 2 aromatic carbocycles. The normalized spacial score (nSPS) is 15.3. The van der Waals surface area contributed by atoms with Gasteiger partial charge < -0.3 is 14.5 Å². The first kappa shape index (κ1) is 24.0. The van der Waals surface area contributed by atoms with Gasteiger partial charge in [0, 0.05) is 24.3 Å². The van der Waals surface area contributed by atoms with E-state index in [-0.39, 0.29) is 35.7 Å². The van der Waals surface area contributed by atoms with E-state index in [2.05, 4.69) is 5.32 Å². The Hall–Kier alpha value is -3.69. The molecule has 184 valence electrons. The molecule has 4 aromatic rings. The quantitative estimate of drug-likeness (QED) is 0.210. The van der Waals surface area contributed by atoms with Crippen LogP contribution < -0.4 is 10.9 Å². The summed E-state index contributed by atoms with van der Waals surface area (Å²) in [5, 5.41) is 3.66. The predicted octanol–water partition coefficient (Wildman–Crippen LogP) is 3.92. The number of ketones is 1. The number of nitrogens with one attached hydrogen (secondary N) is 1. The van der Waals surface area contributed by atoms with Crippen molar-refractivity contribution in [2.45, 2.75) is 30.6 Å². The van der Waals surface area contributed by atoms with Crippen LogP contribution in [0.1, 0.15) is 39.3 Å². The van der Waals surface area contributed by atoms with Gasteiger partial charge >= 0.3 is 0 Å². The van der Waals surface area contributed by atoms with Crippen molar-refractivity contribution in [1.82, 2.24) is 14.9 Å². The second-order valence-electron chi connectivity index (χ2n) is 8.52. The molecule has 8 nitrogen and oxygen atoms in total. The highest BCUT2D eigenvalue weighted by molar-refractivity contribution is 7.99. The highest BCUT2D eigenvalue weighted by Crippen LogP contribution is 2.21. The molecule has 0 spiro atoms. The monoisotopic (exact) mass is 503 g/mol. The minimum atomic E-state index is -0.266. The fourth-order valence-electron chi connectivity index (χ4n) is 4.10. The fraction of sp³-hybridized carbons (Fsp3) is 0.259. The molecule has 5 rings (SSSR count). The van der Waals surface area contributed by atoms with Gasteiger partial charge in [0.2, 0.25) is 0 Å². The lowest BCUT2D eigenvalue weighted by Crippen LogP contribution is -2.31. The average molecular weight is 504 g/mol. The smallest absolute Gasteiger partial charge is 0.262 e. The summed E-state index contributed by atoms with van der Waals surface area (Å²) in [7, 11) is 0. The van der Waals surface area contributed by atoms with Crippen molar-refractivity contribution in [1.29, 1.82) is 0 Å². The van der Waals surface area contributed by atoms with Crippen LogP contribution in [0.25, 0.3) is 10.9 Å². The third-order valence-electron chi connectivity index (χ3n) is 6.02. The van der Waals surface area contributed by atoms with Crippen LogP contribution >= 0.6 is 11.8 Å². The summed E-state index contributed by atoms with van der Waals surface area (Å²) in [6.45, 7) is 1.34. The molecular weight excluding hydrogens is 478 g/mol. The third-order valence-corrected chi connectivity index (χ3v) is 7.00. The summed E-state index contributed by atoms with van der Waals surface area (Å²) in [5.74, 6) is 0.394. The van der Waals surface area contributed by atoms with Gasteiger partial charge in [-0.3, -0.25) is 19.0 Å². The molecule has 36 heavy (non-hydrogen) atoms. The zero-order valence-corrected chi connectivity index (χ0v) is 20.3. The molecule has 1 saturated heterocycles. The van der Waals surface area contributed by atoms with Crippen LogP contribution in [0.3, 0.4) is 0 Å². The first-order valence-corrected chi connectivity index (χ1v) is 12.7. The molecule has 1 aliphatic rings. The number of thioether (sulfide) groups is 1. The van der Waals surface area contributed by atoms with Gasteiger partial charge in [0.1, 0.15) is 5.76 Å². The number of carbonyl (C=O) groups excluding carboxylic acids is 2. The number of Topliss-reactive ketones (excluding diaryl/α,β-unsaturated/α-hetero) is 1. The minimum Gasteiger partial charge on any atom is -0.467 e. The number of benzene rings is 2. The van der Waals surface area contributed by atoms with Crippen LogP contribution in [-0.2, 0) is 11.3 Å². The van der Waals surface area contributed by atoms with E-state index in [1.54, 1.807) is 48.7 Å². The van der Waals surface area contributed by atoms with Crippen molar-refractivity contribution in [2.24, 2.45) is 0 Å². The van der Waals surface area contributed by atoms with E-state index in [1.165, 1.54) is 16.3 Å². The molecule has 0 saturated carbocycles. The molecule has 0 aliphatic carbocycles. The van der Waals surface area contributed by atoms with Gasteiger partial charge in [-0.05, 0) is 43.2 Å². The summed E-state index contributed by atoms with van der Waals surface area (Å²) >= 11 is 1.19. The van der Waals surface area contributed by atoms with Crippen LogP contribution in [0, 0.1) is 0 Å². The maximum Gasteiger partial charge on any atom is 0.262 e. The second kappa shape index (κ2) is 10.9. The standard InChI is InChI=1S/C27H25N3O5S/c31-24(18-6-2-1-3-7-18)17-36-27-29-23-14-19(25(32)28-15-20-8-4-12-34-20)10-11-22(23)26(33)30(27)16-21-9-5-13-35-21/h1-3,5-7,9-11,13-14,20H,4,8,12,15-17H2,(H,28,32)/t20-/m1/s1. The summed E-state index contributed by atoms with van der Waals surface area (Å²) < 4.78 is 12.5. The van der Waals surface area contributed by atoms with Crippen LogP contribution in [0.4, 0.5) is 0 Å². The van der Waals surface area contributed by atoms with Crippen molar-refractivity contribution >= 4 is 34.4 Å². The number of rotatable bonds is 9. The first-order valence-electron chi connectivity index (χ1n) is 11.8. The van der Waals surface area contributed by atoms with Crippen LogP contribution in [0.5, 0.6) is 0 Å². The molecule has 9 heteroatoms. The largest absolute Gasteiger partial charge is 0.467 e. The van der Waals surface area contributed by atoms with Gasteiger partial charge in [-0.2, -0.15) is 0 Å². The van der Waals surface area contributed by atoms with E-state index in [0.717, 1.165) is 19.4 Å². The van der Waals surface area contributed by atoms with Gasteiger partial charge in [-0.15, -0.1) is 0 Å². The third kappa shape index (κ3) is 5.42. The van der Waals surface area contributed by atoms with E-state index < -0.39 is 0 Å². The summed E-state index contributed by atoms with van der Waals surface area (Å²) in [5.41, 5.74) is 1.14.